The number of hydrogen-bond acceptors (Lipinski definition) is 6. The van der Waals surface area contributed by atoms with Gasteiger partial charge in [0.1, 0.15) is 6.04 Å². The summed E-state index contributed by atoms with van der Waals surface area (Å²) in [6, 6.07) is 1.05. The molecule has 4 rings (SSSR count). The normalized spacial score (nSPS) is 13.6. The van der Waals surface area contributed by atoms with E-state index in [1.54, 1.807) is 0 Å². The molecule has 1 atom stereocenters. The lowest BCUT2D eigenvalue weighted by molar-refractivity contribution is -0.145. The summed E-state index contributed by atoms with van der Waals surface area (Å²) in [5.41, 5.74) is 5.81. The van der Waals surface area contributed by atoms with Crippen LogP contribution in [0.1, 0.15) is 5.56 Å². The molecule has 0 aliphatic rings. The molecule has 7 nitrogen and oxygen atoms in total. The van der Waals surface area contributed by atoms with Crippen molar-refractivity contribution in [3.63, 3.8) is 0 Å². The van der Waals surface area contributed by atoms with E-state index in [9.17, 15) is 26.3 Å². The molecule has 32 heavy (non-hydrogen) atoms. The number of nitrogens with one attached hydrogen (secondary N) is 1. The molecule has 0 saturated heterocycles. The summed E-state index contributed by atoms with van der Waals surface area (Å²) in [6.45, 7) is -0.775. The van der Waals surface area contributed by atoms with Gasteiger partial charge in [0.05, 0.1) is 17.6 Å². The van der Waals surface area contributed by atoms with Crippen LogP contribution in [-0.2, 0) is 6.18 Å². The van der Waals surface area contributed by atoms with Gasteiger partial charge in [-0.05, 0) is 12.1 Å². The molecule has 0 amide bonds. The number of rotatable bonds is 4. The molecule has 0 bridgehead atoms. The number of aromatic amines is 1. The Morgan fingerprint density at radius 2 is 1.78 bits per heavy atom. The standard InChI is InChI=1S/C19H15F6N7/c20-18(21,22)10-1-2-11-12(7-29-14(11)3-10)13-6-28-4-9-5-30-17(31-16(9)13)32(27)8-15(26)19(23,24)25/h1-7,15,29H,8,26-27H2. The fourth-order valence-electron chi connectivity index (χ4n) is 3.20. The molecule has 5 N–H and O–H groups in total. The summed E-state index contributed by atoms with van der Waals surface area (Å²) in [5.74, 6) is 5.50. The monoisotopic (exact) mass is 455 g/mol. The van der Waals surface area contributed by atoms with E-state index in [1.807, 2.05) is 0 Å². The van der Waals surface area contributed by atoms with E-state index < -0.39 is 30.5 Å². The van der Waals surface area contributed by atoms with Crippen LogP contribution in [0.2, 0.25) is 0 Å². The molecular weight excluding hydrogens is 440 g/mol. The maximum absolute atomic E-state index is 13.0. The second-order valence-corrected chi connectivity index (χ2v) is 7.06. The largest absolute Gasteiger partial charge is 0.416 e. The van der Waals surface area contributed by atoms with Gasteiger partial charge in [-0.25, -0.2) is 15.8 Å². The first kappa shape index (κ1) is 21.8. The maximum Gasteiger partial charge on any atom is 0.416 e. The molecule has 0 aliphatic carbocycles. The predicted octanol–water partition coefficient (Wildman–Crippen LogP) is 3.76. The zero-order valence-corrected chi connectivity index (χ0v) is 16.0. The van der Waals surface area contributed by atoms with Gasteiger partial charge < -0.3 is 10.7 Å². The van der Waals surface area contributed by atoms with Crippen LogP contribution in [0.3, 0.4) is 0 Å². The minimum atomic E-state index is -4.65. The number of nitrogens with two attached hydrogens (primary N) is 2. The Kier molecular flexibility index (Phi) is 5.17. The van der Waals surface area contributed by atoms with E-state index >= 15 is 0 Å². The van der Waals surface area contributed by atoms with Gasteiger partial charge in [-0.3, -0.25) is 9.99 Å². The van der Waals surface area contributed by atoms with Crippen LogP contribution in [-0.4, -0.2) is 38.7 Å². The zero-order chi connectivity index (χ0) is 23.3. The fraction of sp³-hybridized carbons (Fsp3) is 0.211. The van der Waals surface area contributed by atoms with Crippen molar-refractivity contribution in [3.8, 4) is 11.1 Å². The van der Waals surface area contributed by atoms with Crippen molar-refractivity contribution in [1.82, 2.24) is 19.9 Å². The lowest BCUT2D eigenvalue weighted by Crippen LogP contribution is -2.50. The molecule has 3 aromatic heterocycles. The lowest BCUT2D eigenvalue weighted by Gasteiger charge is -2.22. The average Bonchev–Trinajstić information content (AvgIpc) is 3.14. The Labute approximate surface area is 176 Å². The summed E-state index contributed by atoms with van der Waals surface area (Å²) >= 11 is 0. The molecule has 3 heterocycles. The summed E-state index contributed by atoms with van der Waals surface area (Å²) in [6.07, 6.45) is -3.41. The van der Waals surface area contributed by atoms with Crippen molar-refractivity contribution in [1.29, 1.82) is 0 Å². The SMILES string of the molecule is NC(CN(N)c1ncc2cncc(-c3c[nH]c4cc(C(F)(F)F)ccc34)c2n1)C(F)(F)F. The van der Waals surface area contributed by atoms with E-state index in [0.29, 0.717) is 32.4 Å². The number of anilines is 1. The van der Waals surface area contributed by atoms with Crippen molar-refractivity contribution in [3.05, 3.63) is 48.5 Å². The van der Waals surface area contributed by atoms with Crippen molar-refractivity contribution in [2.45, 2.75) is 18.4 Å². The van der Waals surface area contributed by atoms with Crippen molar-refractivity contribution >= 4 is 27.8 Å². The number of fused-ring (bicyclic) bond motifs is 2. The molecule has 1 aromatic carbocycles. The number of H-pyrrole nitrogens is 1. The van der Waals surface area contributed by atoms with Crippen LogP contribution in [0.4, 0.5) is 32.3 Å². The van der Waals surface area contributed by atoms with Crippen LogP contribution >= 0.6 is 0 Å². The molecule has 0 saturated carbocycles. The van der Waals surface area contributed by atoms with Crippen LogP contribution in [0.15, 0.2) is 43.0 Å². The molecule has 168 valence electrons. The quantitative estimate of drug-likeness (QED) is 0.246. The number of nitrogens with zero attached hydrogens (tertiary/aromatic N) is 4. The first-order chi connectivity index (χ1) is 14.9. The van der Waals surface area contributed by atoms with Gasteiger partial charge in [-0.15, -0.1) is 0 Å². The van der Waals surface area contributed by atoms with Crippen molar-refractivity contribution in [2.24, 2.45) is 11.6 Å². The third-order valence-electron chi connectivity index (χ3n) is 4.85. The van der Waals surface area contributed by atoms with E-state index in [4.69, 9.17) is 11.6 Å². The molecule has 0 radical (unpaired) electrons. The average molecular weight is 455 g/mol. The Morgan fingerprint density at radius 1 is 1.03 bits per heavy atom. The number of benzene rings is 1. The van der Waals surface area contributed by atoms with Gasteiger partial charge in [0.15, 0.2) is 0 Å². The summed E-state index contributed by atoms with van der Waals surface area (Å²) in [5, 5.41) is 1.63. The van der Waals surface area contributed by atoms with E-state index in [0.717, 1.165) is 12.1 Å². The van der Waals surface area contributed by atoms with E-state index in [2.05, 4.69) is 19.9 Å². The van der Waals surface area contributed by atoms with Gasteiger partial charge >= 0.3 is 12.4 Å². The number of alkyl halides is 6. The summed E-state index contributed by atoms with van der Waals surface area (Å²) < 4.78 is 77.2. The third-order valence-corrected chi connectivity index (χ3v) is 4.85. The first-order valence-electron chi connectivity index (χ1n) is 9.09. The molecule has 0 spiro atoms. The van der Waals surface area contributed by atoms with Crippen molar-refractivity contribution in [2.75, 3.05) is 11.6 Å². The predicted molar refractivity (Wildman–Crippen MR) is 105 cm³/mol. The maximum atomic E-state index is 13.0. The molecule has 4 aromatic rings. The number of aromatic nitrogens is 4. The summed E-state index contributed by atoms with van der Waals surface area (Å²) in [7, 11) is 0. The Hall–Kier alpha value is -3.45. The Bertz CT molecular complexity index is 1280. The van der Waals surface area contributed by atoms with Crippen LogP contribution in [0.5, 0.6) is 0 Å². The van der Waals surface area contributed by atoms with E-state index in [-0.39, 0.29) is 11.5 Å². The minimum Gasteiger partial charge on any atom is -0.361 e. The molecule has 13 heteroatoms. The highest BCUT2D eigenvalue weighted by atomic mass is 19.4. The first-order valence-corrected chi connectivity index (χ1v) is 9.09. The molecule has 0 fully saturated rings. The number of halogens is 6. The minimum absolute atomic E-state index is 0.205. The van der Waals surface area contributed by atoms with Crippen LogP contribution in [0.25, 0.3) is 32.9 Å². The number of hydrogen-bond donors (Lipinski definition) is 3. The van der Waals surface area contributed by atoms with Gasteiger partial charge in [0.2, 0.25) is 5.95 Å². The second kappa shape index (κ2) is 7.60. The molecule has 1 unspecified atom stereocenters. The van der Waals surface area contributed by atoms with Gasteiger partial charge in [-0.2, -0.15) is 26.3 Å². The Balaban J connectivity index is 1.78. The fourth-order valence-corrected chi connectivity index (χ4v) is 3.20. The highest BCUT2D eigenvalue weighted by molar-refractivity contribution is 6.03. The van der Waals surface area contributed by atoms with Crippen molar-refractivity contribution < 1.29 is 26.3 Å². The number of hydrazine groups is 1. The van der Waals surface area contributed by atoms with Crippen LogP contribution < -0.4 is 16.6 Å². The third kappa shape index (κ3) is 4.03. The zero-order valence-electron chi connectivity index (χ0n) is 16.0. The highest BCUT2D eigenvalue weighted by Gasteiger charge is 2.38. The molecule has 0 aliphatic heterocycles. The highest BCUT2D eigenvalue weighted by Crippen LogP contribution is 2.36. The Morgan fingerprint density at radius 3 is 2.47 bits per heavy atom. The smallest absolute Gasteiger partial charge is 0.361 e. The van der Waals surface area contributed by atoms with Gasteiger partial charge in [0.25, 0.3) is 0 Å². The topological polar surface area (TPSA) is 110 Å². The molecular formula is C19H15F6N7. The van der Waals surface area contributed by atoms with Gasteiger partial charge in [0, 0.05) is 52.2 Å². The number of pyridine rings is 1. The summed E-state index contributed by atoms with van der Waals surface area (Å²) in [4.78, 5) is 15.1. The second-order valence-electron chi connectivity index (χ2n) is 7.06. The van der Waals surface area contributed by atoms with Crippen LogP contribution in [0, 0.1) is 0 Å². The van der Waals surface area contributed by atoms with E-state index in [1.165, 1.54) is 30.9 Å². The van der Waals surface area contributed by atoms with Gasteiger partial charge in [-0.1, -0.05) is 6.07 Å². The lowest BCUT2D eigenvalue weighted by atomic mass is 10.0.